The number of rotatable bonds is 9. The zero-order valence-corrected chi connectivity index (χ0v) is 12.5. The first-order valence-corrected chi connectivity index (χ1v) is 6.67. The van der Waals surface area contributed by atoms with Crippen LogP contribution in [0.1, 0.15) is 33.6 Å². The van der Waals surface area contributed by atoms with Crippen LogP contribution < -0.4 is 5.32 Å². The van der Waals surface area contributed by atoms with E-state index in [1.165, 1.54) is 13.8 Å². The average molecular weight is 284 g/mol. The second-order valence-electron chi connectivity index (χ2n) is 4.61. The molecule has 1 N–H and O–H groups in total. The number of esters is 1. The molecule has 20 heavy (non-hydrogen) atoms. The van der Waals surface area contributed by atoms with Crippen LogP contribution in [0.15, 0.2) is 12.2 Å². The number of unbranched alkanes of at least 4 members (excludes halogenated alkanes) is 1. The predicted octanol–water partition coefficient (Wildman–Crippen LogP) is 0.870. The highest BCUT2D eigenvalue weighted by Crippen LogP contribution is 1.99. The molecule has 0 unspecified atom stereocenters. The van der Waals surface area contributed by atoms with Gasteiger partial charge in [-0.15, -0.1) is 0 Å². The normalized spacial score (nSPS) is 9.75. The third kappa shape index (κ3) is 9.13. The number of hydrogen-bond acceptors (Lipinski definition) is 4. The summed E-state index contributed by atoms with van der Waals surface area (Å²) in [5.41, 5.74) is 0.380. The molecule has 0 saturated heterocycles. The highest BCUT2D eigenvalue weighted by Gasteiger charge is 2.08. The first kappa shape index (κ1) is 18.1. The lowest BCUT2D eigenvalue weighted by Crippen LogP contribution is -2.37. The number of hydrogen-bond donors (Lipinski definition) is 1. The van der Waals surface area contributed by atoms with Crippen molar-refractivity contribution in [3.8, 4) is 0 Å². The Morgan fingerprint density at radius 1 is 1.10 bits per heavy atom. The molecule has 0 aromatic rings. The summed E-state index contributed by atoms with van der Waals surface area (Å²) < 4.78 is 4.96. The molecule has 0 saturated carbocycles. The Morgan fingerprint density at radius 3 is 2.25 bits per heavy atom. The van der Waals surface area contributed by atoms with Crippen LogP contribution in [0.5, 0.6) is 0 Å². The van der Waals surface area contributed by atoms with Crippen molar-refractivity contribution in [2.24, 2.45) is 0 Å². The molecular weight excluding hydrogens is 260 g/mol. The van der Waals surface area contributed by atoms with E-state index in [0.29, 0.717) is 38.2 Å². The topological polar surface area (TPSA) is 75.7 Å². The van der Waals surface area contributed by atoms with E-state index in [9.17, 15) is 14.4 Å². The Kier molecular flexibility index (Phi) is 9.07. The zero-order chi connectivity index (χ0) is 15.5. The molecule has 0 heterocycles. The van der Waals surface area contributed by atoms with Crippen molar-refractivity contribution >= 4 is 17.8 Å². The van der Waals surface area contributed by atoms with E-state index in [0.717, 1.165) is 6.42 Å². The van der Waals surface area contributed by atoms with Gasteiger partial charge >= 0.3 is 5.97 Å². The second kappa shape index (κ2) is 10.00. The number of carbonyl (C=O) groups excluding carboxylic acids is 3. The Bertz CT molecular complexity index is 366. The third-order valence-electron chi connectivity index (χ3n) is 2.60. The Hall–Kier alpha value is -1.85. The molecule has 6 nitrogen and oxygen atoms in total. The van der Waals surface area contributed by atoms with Gasteiger partial charge in [0.05, 0.1) is 6.61 Å². The quantitative estimate of drug-likeness (QED) is 0.387. The van der Waals surface area contributed by atoms with Crippen LogP contribution in [0, 0.1) is 0 Å². The van der Waals surface area contributed by atoms with Crippen molar-refractivity contribution in [1.82, 2.24) is 10.2 Å². The van der Waals surface area contributed by atoms with Crippen molar-refractivity contribution in [3.63, 3.8) is 0 Å². The number of amides is 2. The molecule has 0 spiro atoms. The van der Waals surface area contributed by atoms with Crippen LogP contribution in [-0.4, -0.2) is 48.9 Å². The SMILES string of the molecule is C=C(C)C(=O)OCCCCN(CCNC(C)=O)C(C)=O. The smallest absolute Gasteiger partial charge is 0.333 e. The molecule has 0 atom stereocenters. The van der Waals surface area contributed by atoms with Crippen molar-refractivity contribution in [1.29, 1.82) is 0 Å². The second-order valence-corrected chi connectivity index (χ2v) is 4.61. The number of carbonyl (C=O) groups is 3. The average Bonchev–Trinajstić information content (AvgIpc) is 2.35. The fourth-order valence-electron chi connectivity index (χ4n) is 1.49. The van der Waals surface area contributed by atoms with E-state index in [4.69, 9.17) is 4.74 Å². The van der Waals surface area contributed by atoms with Gasteiger partial charge in [0, 0.05) is 39.1 Å². The van der Waals surface area contributed by atoms with Gasteiger partial charge < -0.3 is 15.0 Å². The minimum absolute atomic E-state index is 0.0331. The lowest BCUT2D eigenvalue weighted by molar-refractivity contribution is -0.139. The van der Waals surface area contributed by atoms with Crippen LogP contribution in [0.4, 0.5) is 0 Å². The molecule has 0 rings (SSSR count). The molecule has 0 radical (unpaired) electrons. The summed E-state index contributed by atoms with van der Waals surface area (Å²) >= 11 is 0. The number of ether oxygens (including phenoxy) is 1. The van der Waals surface area contributed by atoms with E-state index in [1.807, 2.05) is 0 Å². The third-order valence-corrected chi connectivity index (χ3v) is 2.60. The number of nitrogens with zero attached hydrogens (tertiary/aromatic N) is 1. The molecule has 0 aliphatic rings. The van der Waals surface area contributed by atoms with Gasteiger partial charge in [-0.3, -0.25) is 9.59 Å². The van der Waals surface area contributed by atoms with Crippen molar-refractivity contribution < 1.29 is 19.1 Å². The van der Waals surface area contributed by atoms with E-state index >= 15 is 0 Å². The summed E-state index contributed by atoms with van der Waals surface area (Å²) in [5, 5.41) is 2.65. The molecule has 114 valence electrons. The summed E-state index contributed by atoms with van der Waals surface area (Å²) in [7, 11) is 0. The maximum Gasteiger partial charge on any atom is 0.333 e. The molecule has 0 aliphatic heterocycles. The zero-order valence-electron chi connectivity index (χ0n) is 12.5. The number of nitrogens with one attached hydrogen (secondary N) is 1. The maximum atomic E-state index is 11.4. The van der Waals surface area contributed by atoms with Gasteiger partial charge in [0.1, 0.15) is 0 Å². The minimum Gasteiger partial charge on any atom is -0.462 e. The van der Waals surface area contributed by atoms with Crippen molar-refractivity contribution in [3.05, 3.63) is 12.2 Å². The largest absolute Gasteiger partial charge is 0.462 e. The van der Waals surface area contributed by atoms with Gasteiger partial charge in [-0.25, -0.2) is 4.79 Å². The van der Waals surface area contributed by atoms with Gasteiger partial charge in [-0.05, 0) is 19.8 Å². The molecule has 0 aromatic heterocycles. The van der Waals surface area contributed by atoms with Crippen LogP contribution in [0.25, 0.3) is 0 Å². The van der Waals surface area contributed by atoms with Gasteiger partial charge in [-0.2, -0.15) is 0 Å². The van der Waals surface area contributed by atoms with Crippen molar-refractivity contribution in [2.75, 3.05) is 26.2 Å². The minimum atomic E-state index is -0.390. The lowest BCUT2D eigenvalue weighted by Gasteiger charge is -2.21. The summed E-state index contributed by atoms with van der Waals surface area (Å²) in [6.45, 7) is 9.86. The Labute approximate surface area is 120 Å². The van der Waals surface area contributed by atoms with E-state index in [1.54, 1.807) is 11.8 Å². The van der Waals surface area contributed by atoms with Gasteiger partial charge in [0.15, 0.2) is 0 Å². The highest BCUT2D eigenvalue weighted by molar-refractivity contribution is 5.86. The molecule has 0 bridgehead atoms. The van der Waals surface area contributed by atoms with Gasteiger partial charge in [0.25, 0.3) is 0 Å². The summed E-state index contributed by atoms with van der Waals surface area (Å²) in [6.07, 6.45) is 1.42. The van der Waals surface area contributed by atoms with E-state index in [2.05, 4.69) is 11.9 Å². The molecule has 0 aromatic carbocycles. The van der Waals surface area contributed by atoms with E-state index < -0.39 is 0 Å². The van der Waals surface area contributed by atoms with Crippen LogP contribution in [0.2, 0.25) is 0 Å². The molecule has 6 heteroatoms. The first-order chi connectivity index (χ1) is 9.34. The molecular formula is C14H24N2O4. The summed E-state index contributed by atoms with van der Waals surface area (Å²) in [4.78, 5) is 34.9. The summed E-state index contributed by atoms with van der Waals surface area (Å²) in [6, 6.07) is 0. The predicted molar refractivity (Wildman–Crippen MR) is 75.9 cm³/mol. The summed E-state index contributed by atoms with van der Waals surface area (Å²) in [5.74, 6) is -0.534. The first-order valence-electron chi connectivity index (χ1n) is 6.67. The standard InChI is InChI=1S/C14H24N2O4/c1-11(2)14(19)20-10-6-5-8-16(13(4)18)9-7-15-12(3)17/h1,5-10H2,2-4H3,(H,15,17). The van der Waals surface area contributed by atoms with Gasteiger partial charge in [-0.1, -0.05) is 6.58 Å². The van der Waals surface area contributed by atoms with E-state index in [-0.39, 0.29) is 17.8 Å². The van der Waals surface area contributed by atoms with Crippen molar-refractivity contribution in [2.45, 2.75) is 33.6 Å². The van der Waals surface area contributed by atoms with Gasteiger partial charge in [0.2, 0.25) is 11.8 Å². The monoisotopic (exact) mass is 284 g/mol. The maximum absolute atomic E-state index is 11.4. The lowest BCUT2D eigenvalue weighted by atomic mass is 10.3. The Balaban J connectivity index is 3.81. The molecule has 2 amide bonds. The van der Waals surface area contributed by atoms with Crippen LogP contribution >= 0.6 is 0 Å². The fourth-order valence-corrected chi connectivity index (χ4v) is 1.49. The molecule has 0 fully saturated rings. The highest BCUT2D eigenvalue weighted by atomic mass is 16.5. The van der Waals surface area contributed by atoms with Crippen LogP contribution in [-0.2, 0) is 19.1 Å². The molecule has 0 aliphatic carbocycles. The fraction of sp³-hybridized carbons (Fsp3) is 0.643. The van der Waals surface area contributed by atoms with Crippen LogP contribution in [0.3, 0.4) is 0 Å². The Morgan fingerprint density at radius 2 is 1.75 bits per heavy atom.